The number of allylic oxidation sites excluding steroid dienone is 1. The van der Waals surface area contributed by atoms with E-state index < -0.39 is 36.1 Å². The lowest BCUT2D eigenvalue weighted by Crippen LogP contribution is -2.36. The highest BCUT2D eigenvalue weighted by molar-refractivity contribution is 7.91. The summed E-state index contributed by atoms with van der Waals surface area (Å²) in [5, 5.41) is 9.80. The number of unbranched alkanes of at least 4 members (excludes halogenated alkanes) is 2. The van der Waals surface area contributed by atoms with Gasteiger partial charge in [0.25, 0.3) is 0 Å². The van der Waals surface area contributed by atoms with Crippen molar-refractivity contribution in [2.45, 2.75) is 57.5 Å². The average molecular weight is 595 g/mol. The van der Waals surface area contributed by atoms with Crippen LogP contribution in [-0.2, 0) is 11.2 Å². The third-order valence-corrected chi connectivity index (χ3v) is 8.13. The van der Waals surface area contributed by atoms with Crippen LogP contribution < -0.4 is 4.74 Å². The Bertz CT molecular complexity index is 1230. The van der Waals surface area contributed by atoms with Gasteiger partial charge in [-0.25, -0.2) is 0 Å². The van der Waals surface area contributed by atoms with E-state index in [-0.39, 0.29) is 17.3 Å². The number of benzene rings is 3. The number of rotatable bonds is 15. The summed E-state index contributed by atoms with van der Waals surface area (Å²) in [6, 6.07) is 25.1. The van der Waals surface area contributed by atoms with Crippen molar-refractivity contribution < 1.29 is 36.3 Å². The van der Waals surface area contributed by atoms with Crippen molar-refractivity contribution in [2.24, 2.45) is 0 Å². The largest absolute Gasteiger partial charge is 0.616 e. The predicted molar refractivity (Wildman–Crippen MR) is 155 cm³/mol. The second-order valence-electron chi connectivity index (χ2n) is 9.71. The molecule has 9 heteroatoms. The molecule has 1 N–H and O–H groups in total. The van der Waals surface area contributed by atoms with Crippen molar-refractivity contribution in [1.29, 1.82) is 0 Å². The molecule has 0 bridgehead atoms. The second kappa shape index (κ2) is 15.3. The van der Waals surface area contributed by atoms with Gasteiger partial charge in [-0.15, -0.1) is 0 Å². The van der Waals surface area contributed by atoms with Crippen LogP contribution in [0.3, 0.4) is 0 Å². The van der Waals surface area contributed by atoms with Gasteiger partial charge in [-0.05, 0) is 84.2 Å². The Morgan fingerprint density at radius 2 is 1.34 bits per heavy atom. The van der Waals surface area contributed by atoms with Crippen LogP contribution >= 0.6 is 0 Å². The first-order valence-corrected chi connectivity index (χ1v) is 15.1. The quantitative estimate of drug-likeness (QED) is 0.0827. The molecule has 41 heavy (non-hydrogen) atoms. The normalized spacial score (nSPS) is 13.5. The fraction of sp³-hybridized carbons (Fsp3) is 0.375. The van der Waals surface area contributed by atoms with Crippen LogP contribution in [0.4, 0.5) is 22.0 Å². The lowest BCUT2D eigenvalue weighted by atomic mass is 9.88. The summed E-state index contributed by atoms with van der Waals surface area (Å²) in [4.78, 5) is 0. The third-order valence-electron chi connectivity index (χ3n) is 6.64. The number of phenolic OH excluding ortho intramolecular Hbond substituents is 1. The van der Waals surface area contributed by atoms with Crippen molar-refractivity contribution in [1.82, 2.24) is 0 Å². The summed E-state index contributed by atoms with van der Waals surface area (Å²) >= 11 is -1.43. The molecule has 0 aliphatic rings. The van der Waals surface area contributed by atoms with Gasteiger partial charge in [0, 0.05) is 6.42 Å². The molecule has 3 rings (SSSR count). The van der Waals surface area contributed by atoms with Gasteiger partial charge >= 0.3 is 12.1 Å². The minimum absolute atomic E-state index is 0.168. The van der Waals surface area contributed by atoms with Crippen molar-refractivity contribution >= 4 is 22.3 Å². The number of alkyl halides is 5. The summed E-state index contributed by atoms with van der Waals surface area (Å²) in [5.74, 6) is -3.74. The lowest BCUT2D eigenvalue weighted by molar-refractivity contribution is -0.284. The molecule has 0 aromatic heterocycles. The number of halogens is 5. The molecule has 1 atom stereocenters. The zero-order chi connectivity index (χ0) is 29.9. The highest BCUT2D eigenvalue weighted by atomic mass is 32.2. The molecular weight excluding hydrogens is 559 g/mol. The number of aromatic hydroxyl groups is 1. The van der Waals surface area contributed by atoms with Crippen LogP contribution in [0.1, 0.15) is 62.1 Å². The molecule has 0 saturated carbocycles. The topological polar surface area (TPSA) is 52.5 Å². The van der Waals surface area contributed by atoms with E-state index in [1.54, 1.807) is 12.1 Å². The van der Waals surface area contributed by atoms with Gasteiger partial charge in [0.1, 0.15) is 23.0 Å². The van der Waals surface area contributed by atoms with E-state index in [2.05, 4.69) is 19.1 Å². The molecule has 0 heterocycles. The van der Waals surface area contributed by atoms with Gasteiger partial charge in [-0.2, -0.15) is 22.0 Å². The zero-order valence-electron chi connectivity index (χ0n) is 22.9. The van der Waals surface area contributed by atoms with Gasteiger partial charge < -0.3 is 14.4 Å². The molecule has 0 radical (unpaired) electrons. The molecule has 0 saturated heterocycles. The Kier molecular flexibility index (Phi) is 12.1. The lowest BCUT2D eigenvalue weighted by Gasteiger charge is -2.19. The molecule has 0 amide bonds. The maximum absolute atomic E-state index is 12.9. The van der Waals surface area contributed by atoms with E-state index in [0.717, 1.165) is 28.7 Å². The average Bonchev–Trinajstić information content (AvgIpc) is 2.94. The fourth-order valence-electron chi connectivity index (χ4n) is 4.46. The van der Waals surface area contributed by atoms with Crippen LogP contribution in [0.2, 0.25) is 0 Å². The van der Waals surface area contributed by atoms with E-state index in [0.29, 0.717) is 31.6 Å². The molecule has 3 aromatic carbocycles. The van der Waals surface area contributed by atoms with E-state index in [9.17, 15) is 31.6 Å². The third kappa shape index (κ3) is 9.78. The van der Waals surface area contributed by atoms with E-state index in [4.69, 9.17) is 4.74 Å². The summed E-state index contributed by atoms with van der Waals surface area (Å²) < 4.78 is 80.3. The van der Waals surface area contributed by atoms with Crippen LogP contribution in [-0.4, -0.2) is 39.9 Å². The van der Waals surface area contributed by atoms with Crippen molar-refractivity contribution in [3.05, 3.63) is 95.6 Å². The Labute approximate surface area is 241 Å². The Hall–Kier alpha value is -3.04. The van der Waals surface area contributed by atoms with Crippen LogP contribution in [0.5, 0.6) is 11.5 Å². The molecule has 3 aromatic rings. The van der Waals surface area contributed by atoms with Crippen molar-refractivity contribution in [3.8, 4) is 11.5 Å². The van der Waals surface area contributed by atoms with Gasteiger partial charge in [0.2, 0.25) is 0 Å². The molecule has 0 aliphatic heterocycles. The minimum atomic E-state index is -5.57. The summed E-state index contributed by atoms with van der Waals surface area (Å²) in [6.07, 6.45) is -4.57. The summed E-state index contributed by atoms with van der Waals surface area (Å²) in [5.41, 5.74) is 5.37. The van der Waals surface area contributed by atoms with Gasteiger partial charge in [0.15, 0.2) is 0 Å². The van der Waals surface area contributed by atoms with Crippen molar-refractivity contribution in [2.75, 3.05) is 18.1 Å². The van der Waals surface area contributed by atoms with Gasteiger partial charge in [-0.1, -0.05) is 72.7 Å². The van der Waals surface area contributed by atoms with E-state index >= 15 is 0 Å². The maximum Gasteiger partial charge on any atom is 0.453 e. The standard InChI is InChI=1S/C32H35F5O3S/c1-2-29(24-10-5-3-6-11-24)30(25-12-16-27(38)17-13-25)26-14-18-28(19-15-26)40-21-7-4-8-22-41(39)23-9-20-31(33,34)32(35,36)37/h3,5-6,10-19,38H,2,4,7-9,20-23H2,1H3. The molecule has 1 unspecified atom stereocenters. The molecule has 3 nitrogen and oxygen atoms in total. The summed E-state index contributed by atoms with van der Waals surface area (Å²) in [7, 11) is 0. The molecular formula is C32H35F5O3S. The summed E-state index contributed by atoms with van der Waals surface area (Å²) in [6.45, 7) is 2.55. The number of ether oxygens (including phenoxy) is 1. The van der Waals surface area contributed by atoms with Crippen LogP contribution in [0.15, 0.2) is 78.9 Å². The smallest absolute Gasteiger partial charge is 0.453 e. The molecule has 0 fully saturated rings. The second-order valence-corrected chi connectivity index (χ2v) is 11.4. The Morgan fingerprint density at radius 3 is 1.93 bits per heavy atom. The van der Waals surface area contributed by atoms with E-state index in [1.807, 2.05) is 54.6 Å². The predicted octanol–water partition coefficient (Wildman–Crippen LogP) is 9.04. The zero-order valence-corrected chi connectivity index (χ0v) is 23.7. The fourth-order valence-corrected chi connectivity index (χ4v) is 5.65. The number of hydrogen-bond donors (Lipinski definition) is 1. The molecule has 0 aliphatic carbocycles. The maximum atomic E-state index is 12.9. The van der Waals surface area contributed by atoms with Crippen LogP contribution in [0.25, 0.3) is 11.1 Å². The monoisotopic (exact) mass is 594 g/mol. The Morgan fingerprint density at radius 1 is 0.756 bits per heavy atom. The molecule has 222 valence electrons. The SMILES string of the molecule is CCC(=C(c1ccc(O)cc1)c1ccc(OCCCCC[S+]([O-])CCCC(F)(F)C(F)(F)F)cc1)c1ccccc1. The highest BCUT2D eigenvalue weighted by Gasteiger charge is 2.56. The minimum Gasteiger partial charge on any atom is -0.616 e. The number of phenols is 1. The first-order chi connectivity index (χ1) is 19.5. The van der Waals surface area contributed by atoms with Gasteiger partial charge in [0.05, 0.1) is 6.61 Å². The highest BCUT2D eigenvalue weighted by Crippen LogP contribution is 2.39. The van der Waals surface area contributed by atoms with Crippen LogP contribution in [0, 0.1) is 0 Å². The Balaban J connectivity index is 1.51. The van der Waals surface area contributed by atoms with Crippen molar-refractivity contribution in [3.63, 3.8) is 0 Å². The first kappa shape index (κ1) is 32.5. The van der Waals surface area contributed by atoms with E-state index in [1.165, 1.54) is 5.57 Å². The number of hydrogen-bond acceptors (Lipinski definition) is 3. The molecule has 0 spiro atoms. The first-order valence-electron chi connectivity index (χ1n) is 13.6. The van der Waals surface area contributed by atoms with Gasteiger partial charge in [-0.3, -0.25) is 0 Å².